The van der Waals surface area contributed by atoms with E-state index in [-0.39, 0.29) is 24.7 Å². The molecule has 0 atom stereocenters. The Hall–Kier alpha value is -1.79. The van der Waals surface area contributed by atoms with Gasteiger partial charge in [-0.25, -0.2) is 4.98 Å². The summed E-state index contributed by atoms with van der Waals surface area (Å²) >= 11 is 0. The minimum absolute atomic E-state index is 0.105. The fraction of sp³-hybridized carbons (Fsp3) is 0.500. The van der Waals surface area contributed by atoms with Crippen LogP contribution in [0.25, 0.3) is 0 Å². The first kappa shape index (κ1) is 15.3. The number of aromatic nitrogens is 1. The van der Waals surface area contributed by atoms with Crippen LogP contribution in [0, 0.1) is 0 Å². The fourth-order valence-corrected chi connectivity index (χ4v) is 1.42. The summed E-state index contributed by atoms with van der Waals surface area (Å²) in [7, 11) is 0. The largest absolute Gasteiger partial charge is 0.419 e. The Labute approximate surface area is 109 Å². The molecule has 0 radical (unpaired) electrons. The van der Waals surface area contributed by atoms with Crippen LogP contribution in [0.2, 0.25) is 0 Å². The van der Waals surface area contributed by atoms with Gasteiger partial charge in [0.25, 0.3) is 0 Å². The molecule has 1 rings (SSSR count). The Morgan fingerprint density at radius 2 is 2.11 bits per heavy atom. The van der Waals surface area contributed by atoms with E-state index in [1.165, 1.54) is 12.3 Å². The third-order valence-electron chi connectivity index (χ3n) is 2.33. The van der Waals surface area contributed by atoms with E-state index in [2.05, 4.69) is 15.6 Å². The highest BCUT2D eigenvalue weighted by atomic mass is 19.4. The zero-order chi connectivity index (χ0) is 14.3. The predicted octanol–water partition coefficient (Wildman–Crippen LogP) is 2.43. The van der Waals surface area contributed by atoms with Crippen LogP contribution < -0.4 is 10.6 Å². The van der Waals surface area contributed by atoms with Crippen LogP contribution in [0.3, 0.4) is 0 Å². The number of nitrogens with zero attached hydrogens (tertiary/aromatic N) is 1. The minimum atomic E-state index is -4.46. The van der Waals surface area contributed by atoms with Crippen LogP contribution in [-0.2, 0) is 11.0 Å². The zero-order valence-corrected chi connectivity index (χ0v) is 10.5. The number of halogens is 3. The van der Waals surface area contributed by atoms with Crippen molar-refractivity contribution in [3.8, 4) is 0 Å². The summed E-state index contributed by atoms with van der Waals surface area (Å²) in [5.74, 6) is -0.447. The number of rotatable bonds is 6. The standard InChI is InChI=1S/C12H16F3N3O/c1-2-6-16-10(19)5-8-18-11-9(12(13,14)15)4-3-7-17-11/h3-4,7H,2,5-6,8H2,1H3,(H,16,19)(H,17,18). The lowest BCUT2D eigenvalue weighted by molar-refractivity contribution is -0.137. The smallest absolute Gasteiger partial charge is 0.369 e. The van der Waals surface area contributed by atoms with Gasteiger partial charge in [0, 0.05) is 25.7 Å². The Balaban J connectivity index is 2.52. The zero-order valence-electron chi connectivity index (χ0n) is 10.5. The second-order valence-corrected chi connectivity index (χ2v) is 3.92. The van der Waals surface area contributed by atoms with Crippen LogP contribution >= 0.6 is 0 Å². The van der Waals surface area contributed by atoms with Crippen molar-refractivity contribution in [2.45, 2.75) is 25.9 Å². The lowest BCUT2D eigenvalue weighted by Crippen LogP contribution is -2.26. The number of carbonyl (C=O) groups excluding carboxylic acids is 1. The maximum atomic E-state index is 12.6. The molecule has 1 aromatic rings. The molecule has 0 aliphatic carbocycles. The van der Waals surface area contributed by atoms with Crippen molar-refractivity contribution in [1.29, 1.82) is 0 Å². The van der Waals surface area contributed by atoms with Crippen molar-refractivity contribution < 1.29 is 18.0 Å². The summed E-state index contributed by atoms with van der Waals surface area (Å²) < 4.78 is 37.9. The van der Waals surface area contributed by atoms with Gasteiger partial charge in [0.2, 0.25) is 5.91 Å². The van der Waals surface area contributed by atoms with Gasteiger partial charge >= 0.3 is 6.18 Å². The molecule has 1 amide bonds. The van der Waals surface area contributed by atoms with E-state index in [4.69, 9.17) is 0 Å². The number of alkyl halides is 3. The highest BCUT2D eigenvalue weighted by molar-refractivity contribution is 5.76. The number of hydrogen-bond acceptors (Lipinski definition) is 3. The topological polar surface area (TPSA) is 54.0 Å². The summed E-state index contributed by atoms with van der Waals surface area (Å²) in [5.41, 5.74) is -0.830. The lowest BCUT2D eigenvalue weighted by Gasteiger charge is -2.12. The van der Waals surface area contributed by atoms with Crippen molar-refractivity contribution in [3.63, 3.8) is 0 Å². The van der Waals surface area contributed by atoms with Gasteiger partial charge in [0.15, 0.2) is 0 Å². The normalized spacial score (nSPS) is 11.2. The second-order valence-electron chi connectivity index (χ2n) is 3.92. The molecule has 4 nitrogen and oxygen atoms in total. The number of pyridine rings is 1. The van der Waals surface area contributed by atoms with Crippen LogP contribution in [0.1, 0.15) is 25.3 Å². The molecule has 0 unspecified atom stereocenters. The van der Waals surface area contributed by atoms with Crippen molar-refractivity contribution in [2.75, 3.05) is 18.4 Å². The first-order chi connectivity index (χ1) is 8.95. The van der Waals surface area contributed by atoms with E-state index in [0.717, 1.165) is 12.5 Å². The van der Waals surface area contributed by atoms with Gasteiger partial charge in [0.1, 0.15) is 5.82 Å². The molecule has 0 saturated heterocycles. The van der Waals surface area contributed by atoms with Gasteiger partial charge in [-0.05, 0) is 18.6 Å². The maximum Gasteiger partial charge on any atom is 0.419 e. The SMILES string of the molecule is CCCNC(=O)CCNc1ncccc1C(F)(F)F. The average Bonchev–Trinajstić information content (AvgIpc) is 2.35. The Bertz CT molecular complexity index is 421. The molecular weight excluding hydrogens is 259 g/mol. The summed E-state index contributed by atoms with van der Waals surface area (Å²) in [6.07, 6.45) is -2.26. The van der Waals surface area contributed by atoms with Gasteiger partial charge in [-0.1, -0.05) is 6.92 Å². The third kappa shape index (κ3) is 5.15. The predicted molar refractivity (Wildman–Crippen MR) is 65.6 cm³/mol. The van der Waals surface area contributed by atoms with Crippen molar-refractivity contribution in [2.24, 2.45) is 0 Å². The molecular formula is C12H16F3N3O. The second kappa shape index (κ2) is 6.96. The van der Waals surface area contributed by atoms with E-state index in [1.54, 1.807) is 0 Å². The number of hydrogen-bond donors (Lipinski definition) is 2. The first-order valence-corrected chi connectivity index (χ1v) is 5.98. The average molecular weight is 275 g/mol. The molecule has 0 saturated carbocycles. The fourth-order valence-electron chi connectivity index (χ4n) is 1.42. The summed E-state index contributed by atoms with van der Waals surface area (Å²) in [4.78, 5) is 14.9. The third-order valence-corrected chi connectivity index (χ3v) is 2.33. The quantitative estimate of drug-likeness (QED) is 0.838. The van der Waals surface area contributed by atoms with Crippen molar-refractivity contribution in [3.05, 3.63) is 23.9 Å². The van der Waals surface area contributed by atoms with Crippen LogP contribution in [0.15, 0.2) is 18.3 Å². The highest BCUT2D eigenvalue weighted by Gasteiger charge is 2.33. The summed E-state index contributed by atoms with van der Waals surface area (Å²) in [5, 5.41) is 5.18. The van der Waals surface area contributed by atoms with Crippen LogP contribution in [0.4, 0.5) is 19.0 Å². The number of nitrogens with one attached hydrogen (secondary N) is 2. The highest BCUT2D eigenvalue weighted by Crippen LogP contribution is 2.33. The molecule has 0 aliphatic rings. The summed E-state index contributed by atoms with van der Waals surface area (Å²) in [6.45, 7) is 2.59. The number of carbonyl (C=O) groups is 1. The molecule has 1 heterocycles. The van der Waals surface area contributed by atoms with E-state index >= 15 is 0 Å². The van der Waals surface area contributed by atoms with Crippen molar-refractivity contribution in [1.82, 2.24) is 10.3 Å². The summed E-state index contributed by atoms with van der Waals surface area (Å²) in [6, 6.07) is 2.18. The van der Waals surface area contributed by atoms with Gasteiger partial charge in [-0.2, -0.15) is 13.2 Å². The molecule has 2 N–H and O–H groups in total. The Morgan fingerprint density at radius 3 is 2.74 bits per heavy atom. The van der Waals surface area contributed by atoms with Crippen LogP contribution in [-0.4, -0.2) is 24.0 Å². The molecule has 0 fully saturated rings. The molecule has 19 heavy (non-hydrogen) atoms. The monoisotopic (exact) mass is 275 g/mol. The first-order valence-electron chi connectivity index (χ1n) is 5.98. The van der Waals surface area contributed by atoms with Gasteiger partial charge in [0.05, 0.1) is 5.56 Å². The lowest BCUT2D eigenvalue weighted by atomic mass is 10.2. The molecule has 0 aliphatic heterocycles. The molecule has 0 spiro atoms. The number of anilines is 1. The molecule has 106 valence electrons. The maximum absolute atomic E-state index is 12.6. The van der Waals surface area contributed by atoms with Crippen LogP contribution in [0.5, 0.6) is 0 Å². The van der Waals surface area contributed by atoms with E-state index < -0.39 is 11.7 Å². The molecule has 0 aromatic carbocycles. The van der Waals surface area contributed by atoms with Gasteiger partial charge < -0.3 is 10.6 Å². The Kier molecular flexibility index (Phi) is 5.59. The van der Waals surface area contributed by atoms with Crippen molar-refractivity contribution >= 4 is 11.7 Å². The van der Waals surface area contributed by atoms with E-state index in [1.807, 2.05) is 6.92 Å². The molecule has 0 bridgehead atoms. The van der Waals surface area contributed by atoms with Gasteiger partial charge in [-0.3, -0.25) is 4.79 Å². The molecule has 7 heteroatoms. The molecule has 1 aromatic heterocycles. The minimum Gasteiger partial charge on any atom is -0.369 e. The number of amides is 1. The van der Waals surface area contributed by atoms with E-state index in [0.29, 0.717) is 6.54 Å². The van der Waals surface area contributed by atoms with Gasteiger partial charge in [-0.15, -0.1) is 0 Å². The Morgan fingerprint density at radius 1 is 1.37 bits per heavy atom. The van der Waals surface area contributed by atoms with E-state index in [9.17, 15) is 18.0 Å².